The van der Waals surface area contributed by atoms with E-state index in [9.17, 15) is 4.79 Å². The Morgan fingerprint density at radius 3 is 2.61 bits per heavy atom. The zero-order chi connectivity index (χ0) is 16.1. The molecule has 3 rings (SSSR count). The van der Waals surface area contributed by atoms with Crippen molar-refractivity contribution in [1.29, 1.82) is 0 Å². The van der Waals surface area contributed by atoms with Gasteiger partial charge in [0.1, 0.15) is 0 Å². The molecule has 4 nitrogen and oxygen atoms in total. The number of benzene rings is 2. The predicted octanol–water partition coefficient (Wildman–Crippen LogP) is 3.04. The zero-order valence-electron chi connectivity index (χ0n) is 13.1. The summed E-state index contributed by atoms with van der Waals surface area (Å²) in [5.74, 6) is 0.0201. The van der Waals surface area contributed by atoms with Gasteiger partial charge in [-0.1, -0.05) is 42.5 Å². The highest BCUT2D eigenvalue weighted by atomic mass is 16.1. The molecule has 0 fully saturated rings. The molecule has 0 atom stereocenters. The van der Waals surface area contributed by atoms with Crippen LogP contribution in [0.15, 0.2) is 67.0 Å². The van der Waals surface area contributed by atoms with Gasteiger partial charge in [0.15, 0.2) is 0 Å². The van der Waals surface area contributed by atoms with Crippen molar-refractivity contribution in [3.05, 3.63) is 83.7 Å². The summed E-state index contributed by atoms with van der Waals surface area (Å²) in [5.41, 5.74) is 4.18. The predicted molar refractivity (Wildman–Crippen MR) is 90.3 cm³/mol. The van der Waals surface area contributed by atoms with Gasteiger partial charge in [0, 0.05) is 18.3 Å². The maximum absolute atomic E-state index is 12.1. The fourth-order valence-corrected chi connectivity index (χ4v) is 2.42. The Kier molecular flexibility index (Phi) is 4.52. The molecule has 0 bridgehead atoms. The van der Waals surface area contributed by atoms with Crippen molar-refractivity contribution in [1.82, 2.24) is 15.1 Å². The third kappa shape index (κ3) is 3.86. The van der Waals surface area contributed by atoms with E-state index in [4.69, 9.17) is 0 Å². The molecular formula is C19H19N3O. The lowest BCUT2D eigenvalue weighted by atomic mass is 10.1. The molecule has 4 heteroatoms. The molecule has 0 radical (unpaired) electrons. The van der Waals surface area contributed by atoms with E-state index in [2.05, 4.69) is 10.4 Å². The van der Waals surface area contributed by atoms with E-state index in [0.717, 1.165) is 22.4 Å². The van der Waals surface area contributed by atoms with Crippen LogP contribution in [0.2, 0.25) is 0 Å². The van der Waals surface area contributed by atoms with Crippen molar-refractivity contribution in [2.75, 3.05) is 0 Å². The van der Waals surface area contributed by atoms with Crippen LogP contribution in [0.5, 0.6) is 0 Å². The van der Waals surface area contributed by atoms with Crippen LogP contribution >= 0.6 is 0 Å². The summed E-state index contributed by atoms with van der Waals surface area (Å²) >= 11 is 0. The fraction of sp³-hybridized carbons (Fsp3) is 0.158. The number of hydrogen-bond donors (Lipinski definition) is 1. The van der Waals surface area contributed by atoms with Gasteiger partial charge in [-0.05, 0) is 30.2 Å². The first-order valence-electron chi connectivity index (χ1n) is 7.62. The van der Waals surface area contributed by atoms with Crippen LogP contribution in [-0.2, 0) is 17.8 Å². The SMILES string of the molecule is Cc1ccccc1CC(=O)NCc1cnn(-c2ccccc2)c1. The maximum Gasteiger partial charge on any atom is 0.224 e. The molecule has 0 aliphatic heterocycles. The van der Waals surface area contributed by atoms with Crippen molar-refractivity contribution in [2.45, 2.75) is 19.9 Å². The largest absolute Gasteiger partial charge is 0.352 e. The third-order valence-corrected chi connectivity index (χ3v) is 3.76. The summed E-state index contributed by atoms with van der Waals surface area (Å²) in [4.78, 5) is 12.1. The lowest BCUT2D eigenvalue weighted by Gasteiger charge is -2.06. The second kappa shape index (κ2) is 6.92. The van der Waals surface area contributed by atoms with Gasteiger partial charge in [0.2, 0.25) is 5.91 Å². The van der Waals surface area contributed by atoms with Gasteiger partial charge >= 0.3 is 0 Å². The number of nitrogens with zero attached hydrogens (tertiary/aromatic N) is 2. The molecule has 0 aliphatic rings. The summed E-state index contributed by atoms with van der Waals surface area (Å²) in [7, 11) is 0. The van der Waals surface area contributed by atoms with Crippen LogP contribution in [0.3, 0.4) is 0 Å². The quantitative estimate of drug-likeness (QED) is 0.787. The average Bonchev–Trinajstić information content (AvgIpc) is 3.05. The molecule has 1 heterocycles. The van der Waals surface area contributed by atoms with E-state index in [0.29, 0.717) is 13.0 Å². The van der Waals surface area contributed by atoms with Gasteiger partial charge in [0.25, 0.3) is 0 Å². The minimum Gasteiger partial charge on any atom is -0.352 e. The molecule has 0 saturated heterocycles. The van der Waals surface area contributed by atoms with E-state index >= 15 is 0 Å². The van der Waals surface area contributed by atoms with Crippen LogP contribution in [0.25, 0.3) is 5.69 Å². The first-order chi connectivity index (χ1) is 11.2. The van der Waals surface area contributed by atoms with Gasteiger partial charge in [-0.2, -0.15) is 5.10 Å². The fourth-order valence-electron chi connectivity index (χ4n) is 2.42. The second-order valence-corrected chi connectivity index (χ2v) is 5.51. The smallest absolute Gasteiger partial charge is 0.224 e. The molecule has 1 amide bonds. The number of carbonyl (C=O) groups is 1. The van der Waals surface area contributed by atoms with Gasteiger partial charge in [0.05, 0.1) is 18.3 Å². The highest BCUT2D eigenvalue weighted by Crippen LogP contribution is 2.09. The van der Waals surface area contributed by atoms with Gasteiger partial charge in [-0.25, -0.2) is 4.68 Å². The number of amides is 1. The van der Waals surface area contributed by atoms with Crippen molar-refractivity contribution < 1.29 is 4.79 Å². The van der Waals surface area contributed by atoms with Crippen molar-refractivity contribution in [2.24, 2.45) is 0 Å². The molecule has 0 unspecified atom stereocenters. The first kappa shape index (κ1) is 15.0. The lowest BCUT2D eigenvalue weighted by Crippen LogP contribution is -2.24. The van der Waals surface area contributed by atoms with Crippen LogP contribution in [0.4, 0.5) is 0 Å². The Labute approximate surface area is 135 Å². The molecule has 2 aromatic carbocycles. The van der Waals surface area contributed by atoms with Crippen LogP contribution in [0, 0.1) is 6.92 Å². The third-order valence-electron chi connectivity index (χ3n) is 3.76. The summed E-state index contributed by atoms with van der Waals surface area (Å²) in [6.07, 6.45) is 4.12. The number of aromatic nitrogens is 2. The summed E-state index contributed by atoms with van der Waals surface area (Å²) < 4.78 is 1.81. The molecule has 1 aromatic heterocycles. The summed E-state index contributed by atoms with van der Waals surface area (Å²) in [6, 6.07) is 17.9. The standard InChI is InChI=1S/C19H19N3O/c1-15-7-5-6-8-17(15)11-19(23)20-12-16-13-21-22(14-16)18-9-3-2-4-10-18/h2-10,13-14H,11-12H2,1H3,(H,20,23). The highest BCUT2D eigenvalue weighted by Gasteiger charge is 2.06. The van der Waals surface area contributed by atoms with Crippen LogP contribution in [0.1, 0.15) is 16.7 Å². The minimum atomic E-state index is 0.0201. The van der Waals surface area contributed by atoms with E-state index in [1.807, 2.05) is 72.4 Å². The molecule has 0 saturated carbocycles. The molecule has 0 spiro atoms. The molecule has 3 aromatic rings. The number of carbonyl (C=O) groups excluding carboxylic acids is 1. The van der Waals surface area contributed by atoms with Crippen molar-refractivity contribution in [3.8, 4) is 5.69 Å². The average molecular weight is 305 g/mol. The maximum atomic E-state index is 12.1. The van der Waals surface area contributed by atoms with Gasteiger partial charge < -0.3 is 5.32 Å². The number of hydrogen-bond acceptors (Lipinski definition) is 2. The van der Waals surface area contributed by atoms with Crippen LogP contribution in [-0.4, -0.2) is 15.7 Å². The van der Waals surface area contributed by atoms with E-state index in [1.54, 1.807) is 6.20 Å². The normalized spacial score (nSPS) is 10.5. The Bertz CT molecular complexity index is 793. The molecular weight excluding hydrogens is 286 g/mol. The Balaban J connectivity index is 1.58. The number of nitrogens with one attached hydrogen (secondary N) is 1. The van der Waals surface area contributed by atoms with E-state index in [1.165, 1.54) is 0 Å². The molecule has 116 valence electrons. The topological polar surface area (TPSA) is 46.9 Å². The number of aryl methyl sites for hydroxylation is 1. The van der Waals surface area contributed by atoms with Crippen molar-refractivity contribution >= 4 is 5.91 Å². The van der Waals surface area contributed by atoms with Crippen molar-refractivity contribution in [3.63, 3.8) is 0 Å². The zero-order valence-corrected chi connectivity index (χ0v) is 13.1. The first-order valence-corrected chi connectivity index (χ1v) is 7.62. The lowest BCUT2D eigenvalue weighted by molar-refractivity contribution is -0.120. The summed E-state index contributed by atoms with van der Waals surface area (Å²) in [5, 5.41) is 7.28. The van der Waals surface area contributed by atoms with Gasteiger partial charge in [-0.15, -0.1) is 0 Å². The number of para-hydroxylation sites is 1. The molecule has 1 N–H and O–H groups in total. The Morgan fingerprint density at radius 1 is 1.09 bits per heavy atom. The second-order valence-electron chi connectivity index (χ2n) is 5.51. The highest BCUT2D eigenvalue weighted by molar-refractivity contribution is 5.78. The summed E-state index contributed by atoms with van der Waals surface area (Å²) in [6.45, 7) is 2.50. The number of rotatable bonds is 5. The van der Waals surface area contributed by atoms with Crippen LogP contribution < -0.4 is 5.32 Å². The molecule has 0 aliphatic carbocycles. The Hall–Kier alpha value is -2.88. The minimum absolute atomic E-state index is 0.0201. The van der Waals surface area contributed by atoms with E-state index < -0.39 is 0 Å². The Morgan fingerprint density at radius 2 is 1.83 bits per heavy atom. The monoisotopic (exact) mass is 305 g/mol. The van der Waals surface area contributed by atoms with Gasteiger partial charge in [-0.3, -0.25) is 4.79 Å². The van der Waals surface area contributed by atoms with E-state index in [-0.39, 0.29) is 5.91 Å². The molecule has 23 heavy (non-hydrogen) atoms.